The van der Waals surface area contributed by atoms with Crippen molar-refractivity contribution in [3.63, 3.8) is 0 Å². The minimum Gasteiger partial charge on any atom is -0.493 e. The van der Waals surface area contributed by atoms with Crippen LogP contribution in [0.2, 0.25) is 0 Å². The van der Waals surface area contributed by atoms with E-state index in [4.69, 9.17) is 14.6 Å². The Hall–Kier alpha value is -3.38. The third-order valence-electron chi connectivity index (χ3n) is 7.30. The van der Waals surface area contributed by atoms with E-state index in [-0.39, 0.29) is 33.7 Å². The summed E-state index contributed by atoms with van der Waals surface area (Å²) in [6.07, 6.45) is 6.43. The van der Waals surface area contributed by atoms with Crippen LogP contribution in [0.25, 0.3) is 22.4 Å². The quantitative estimate of drug-likeness (QED) is 0.185. The standard InChI is InChI=1S/C28H39N5O6S/c1-5-8-21-19-32(7-3)26-25(21)29-27(30-28(26)34)23-18-22(9-10-24(23)38-16-6-2)40(36,37)33-14-11-20(12-15-33)13-17-39-31(4)35/h9-10,18-20H,4-8,11-17H2,1-3H3,(H,29,30,34). The predicted molar refractivity (Wildman–Crippen MR) is 154 cm³/mol. The minimum absolute atomic E-state index is 0.120. The molecule has 2 aromatic heterocycles. The van der Waals surface area contributed by atoms with Crippen LogP contribution in [0.1, 0.15) is 58.4 Å². The Morgan fingerprint density at radius 3 is 2.58 bits per heavy atom. The number of piperidine rings is 1. The molecule has 3 aromatic rings. The van der Waals surface area contributed by atoms with Gasteiger partial charge in [0.1, 0.15) is 17.1 Å². The first kappa shape index (κ1) is 29.6. The van der Waals surface area contributed by atoms with Gasteiger partial charge in [0.05, 0.1) is 29.2 Å². The highest BCUT2D eigenvalue weighted by Crippen LogP contribution is 2.34. The Morgan fingerprint density at radius 2 is 1.93 bits per heavy atom. The number of H-pyrrole nitrogens is 1. The molecule has 12 heteroatoms. The van der Waals surface area contributed by atoms with Crippen LogP contribution < -0.4 is 10.3 Å². The average Bonchev–Trinajstić information content (AvgIpc) is 3.30. The van der Waals surface area contributed by atoms with Crippen molar-refractivity contribution < 1.29 is 22.9 Å². The molecule has 1 N–H and O–H groups in total. The molecule has 0 radical (unpaired) electrons. The molecule has 40 heavy (non-hydrogen) atoms. The number of hydrogen-bond acceptors (Lipinski definition) is 7. The fourth-order valence-electron chi connectivity index (χ4n) is 5.20. The molecule has 1 fully saturated rings. The Bertz CT molecular complexity index is 1510. The molecule has 4 rings (SSSR count). The zero-order chi connectivity index (χ0) is 28.9. The summed E-state index contributed by atoms with van der Waals surface area (Å²) in [5.41, 5.74) is 2.28. The second-order valence-corrected chi connectivity index (χ2v) is 12.0. The normalized spacial score (nSPS) is 15.0. The number of sulfonamides is 1. The second kappa shape index (κ2) is 12.9. The lowest BCUT2D eigenvalue weighted by Gasteiger charge is -2.31. The minimum atomic E-state index is -3.80. The van der Waals surface area contributed by atoms with Gasteiger partial charge in [-0.25, -0.2) is 13.4 Å². The van der Waals surface area contributed by atoms with Gasteiger partial charge in [0.15, 0.2) is 6.72 Å². The van der Waals surface area contributed by atoms with E-state index in [1.54, 1.807) is 18.2 Å². The number of hydrogen-bond donors (Lipinski definition) is 1. The summed E-state index contributed by atoms with van der Waals surface area (Å²) in [7, 11) is -3.80. The van der Waals surface area contributed by atoms with Gasteiger partial charge in [-0.05, 0) is 68.7 Å². The van der Waals surface area contributed by atoms with Crippen LogP contribution in [0, 0.1) is 11.1 Å². The summed E-state index contributed by atoms with van der Waals surface area (Å²) >= 11 is 0. The van der Waals surface area contributed by atoms with Crippen LogP contribution in [0.5, 0.6) is 5.75 Å². The van der Waals surface area contributed by atoms with E-state index in [1.165, 1.54) is 4.31 Å². The van der Waals surface area contributed by atoms with E-state index in [1.807, 2.05) is 24.6 Å². The molecule has 0 aliphatic carbocycles. The average molecular weight is 574 g/mol. The van der Waals surface area contributed by atoms with E-state index < -0.39 is 10.0 Å². The fraction of sp³-hybridized carbons (Fsp3) is 0.536. The van der Waals surface area contributed by atoms with Gasteiger partial charge in [-0.1, -0.05) is 20.3 Å². The Kier molecular flexibility index (Phi) is 9.52. The summed E-state index contributed by atoms with van der Waals surface area (Å²) in [4.78, 5) is 26.1. The monoisotopic (exact) mass is 573 g/mol. The lowest BCUT2D eigenvalue weighted by Crippen LogP contribution is -2.38. The van der Waals surface area contributed by atoms with Gasteiger partial charge < -0.3 is 19.1 Å². The molecule has 0 atom stereocenters. The van der Waals surface area contributed by atoms with Gasteiger partial charge >= 0.3 is 0 Å². The Labute approximate surface area is 235 Å². The molecule has 1 saturated heterocycles. The molecule has 218 valence electrons. The summed E-state index contributed by atoms with van der Waals surface area (Å²) < 4.78 is 36.7. The highest BCUT2D eigenvalue weighted by molar-refractivity contribution is 7.89. The van der Waals surface area contributed by atoms with Gasteiger partial charge in [-0.2, -0.15) is 4.31 Å². The number of ether oxygens (including phenoxy) is 1. The van der Waals surface area contributed by atoms with Crippen molar-refractivity contribution in [1.29, 1.82) is 0 Å². The van der Waals surface area contributed by atoms with Gasteiger partial charge in [0.2, 0.25) is 10.0 Å². The number of rotatable bonds is 13. The van der Waals surface area contributed by atoms with Crippen molar-refractivity contribution in [1.82, 2.24) is 18.8 Å². The first-order chi connectivity index (χ1) is 19.2. The fourth-order valence-corrected chi connectivity index (χ4v) is 6.70. The van der Waals surface area contributed by atoms with Crippen molar-refractivity contribution in [2.24, 2.45) is 5.92 Å². The van der Waals surface area contributed by atoms with Crippen LogP contribution in [-0.2, 0) is 27.8 Å². The van der Waals surface area contributed by atoms with Gasteiger partial charge in [-0.3, -0.25) is 10.0 Å². The molecular weight excluding hydrogens is 534 g/mol. The van der Waals surface area contributed by atoms with Gasteiger partial charge in [0, 0.05) is 30.7 Å². The first-order valence-electron chi connectivity index (χ1n) is 14.0. The van der Waals surface area contributed by atoms with E-state index >= 15 is 0 Å². The zero-order valence-electron chi connectivity index (χ0n) is 23.5. The molecular formula is C28H39N5O6S. The Morgan fingerprint density at radius 1 is 1.18 bits per heavy atom. The van der Waals surface area contributed by atoms with Crippen molar-refractivity contribution in [3.8, 4) is 17.1 Å². The molecule has 3 heterocycles. The summed E-state index contributed by atoms with van der Waals surface area (Å²) in [5, 5.41) is 10.8. The third kappa shape index (κ3) is 6.33. The van der Waals surface area contributed by atoms with Crippen LogP contribution in [-0.4, -0.2) is 65.2 Å². The lowest BCUT2D eigenvalue weighted by atomic mass is 9.95. The van der Waals surface area contributed by atoms with E-state index in [0.717, 1.165) is 24.8 Å². The van der Waals surface area contributed by atoms with Crippen LogP contribution in [0.4, 0.5) is 0 Å². The molecule has 0 spiro atoms. The molecule has 0 unspecified atom stereocenters. The lowest BCUT2D eigenvalue weighted by molar-refractivity contribution is -0.736. The first-order valence-corrected chi connectivity index (χ1v) is 15.4. The van der Waals surface area contributed by atoms with Crippen molar-refractivity contribution in [3.05, 3.63) is 45.5 Å². The molecule has 0 saturated carbocycles. The molecule has 1 aromatic carbocycles. The predicted octanol–water partition coefficient (Wildman–Crippen LogP) is 4.09. The summed E-state index contributed by atoms with van der Waals surface area (Å²) in [5.74, 6) is 1.01. The second-order valence-electron chi connectivity index (χ2n) is 10.1. The number of nitrogens with one attached hydrogen (secondary N) is 1. The van der Waals surface area contributed by atoms with Crippen LogP contribution in [0.15, 0.2) is 34.1 Å². The number of nitrogens with zero attached hydrogens (tertiary/aromatic N) is 4. The van der Waals surface area contributed by atoms with E-state index in [2.05, 4.69) is 18.6 Å². The number of aromatic nitrogens is 3. The van der Waals surface area contributed by atoms with Crippen LogP contribution in [0.3, 0.4) is 0 Å². The number of aromatic amines is 1. The van der Waals surface area contributed by atoms with E-state index in [9.17, 15) is 18.4 Å². The molecule has 0 amide bonds. The highest BCUT2D eigenvalue weighted by atomic mass is 32.2. The maximum Gasteiger partial charge on any atom is 0.275 e. The molecule has 1 aliphatic heterocycles. The maximum atomic E-state index is 13.7. The van der Waals surface area contributed by atoms with Crippen molar-refractivity contribution in [2.75, 3.05) is 26.3 Å². The van der Waals surface area contributed by atoms with Gasteiger partial charge in [0.25, 0.3) is 5.56 Å². The number of fused-ring (bicyclic) bond motifs is 1. The van der Waals surface area contributed by atoms with E-state index in [0.29, 0.717) is 67.8 Å². The summed E-state index contributed by atoms with van der Waals surface area (Å²) in [6, 6.07) is 4.75. The molecule has 11 nitrogen and oxygen atoms in total. The zero-order valence-corrected chi connectivity index (χ0v) is 24.3. The SMILES string of the molecule is C=[N+]([O-])OCCC1CCN(S(=O)(=O)c2ccc(OCCC)c(-c3nc4c(CCC)cn(CC)c4c(=O)[nH]3)c2)CC1. The number of aryl methyl sites for hydroxylation is 2. The third-order valence-corrected chi connectivity index (χ3v) is 9.19. The topological polar surface area (TPSA) is 133 Å². The Balaban J connectivity index is 1.68. The van der Waals surface area contributed by atoms with Crippen molar-refractivity contribution in [2.45, 2.75) is 70.7 Å². The number of benzene rings is 1. The molecule has 1 aliphatic rings. The largest absolute Gasteiger partial charge is 0.493 e. The highest BCUT2D eigenvalue weighted by Gasteiger charge is 2.30. The smallest absolute Gasteiger partial charge is 0.275 e. The van der Waals surface area contributed by atoms with Gasteiger partial charge in [-0.15, -0.1) is 0 Å². The maximum absolute atomic E-state index is 13.7. The molecule has 0 bridgehead atoms. The summed E-state index contributed by atoms with van der Waals surface area (Å²) in [6.45, 7) is 11.2. The van der Waals surface area contributed by atoms with Crippen molar-refractivity contribution >= 4 is 27.8 Å². The van der Waals surface area contributed by atoms with Crippen LogP contribution >= 0.6 is 0 Å².